The quantitative estimate of drug-likeness (QED) is 0.372. The van der Waals surface area contributed by atoms with Crippen LogP contribution in [-0.4, -0.2) is 21.0 Å². The summed E-state index contributed by atoms with van der Waals surface area (Å²) in [5, 5.41) is 9.19. The van der Waals surface area contributed by atoms with E-state index in [1.165, 1.54) is 51.4 Å². The van der Waals surface area contributed by atoms with Crippen LogP contribution in [0.3, 0.4) is 0 Å². The molecule has 0 aliphatic rings. The van der Waals surface area contributed by atoms with E-state index in [9.17, 15) is 4.79 Å². The lowest BCUT2D eigenvalue weighted by atomic mass is 10.1. The summed E-state index contributed by atoms with van der Waals surface area (Å²) in [7, 11) is 0. The standard InChI is InChI=1S/C18H30ClNO2/c1-2-3-4-5-6-7-8-9-11-16(19)13-15-20-14-10-12-17(20)18(21)22/h10,12,14,16H,2-9,11,13,15H2,1H3,(H,21,22). The highest BCUT2D eigenvalue weighted by molar-refractivity contribution is 6.20. The summed E-state index contributed by atoms with van der Waals surface area (Å²) >= 11 is 6.35. The highest BCUT2D eigenvalue weighted by Gasteiger charge is 2.10. The molecule has 0 aromatic carbocycles. The number of carboxylic acids is 1. The molecular weight excluding hydrogens is 298 g/mol. The maximum atomic E-state index is 11.0. The average molecular weight is 328 g/mol. The number of aromatic carboxylic acids is 1. The number of unbranched alkanes of at least 4 members (excludes halogenated alkanes) is 7. The van der Waals surface area contributed by atoms with Gasteiger partial charge in [-0.25, -0.2) is 4.79 Å². The van der Waals surface area contributed by atoms with Crippen LogP contribution in [-0.2, 0) is 6.54 Å². The number of hydrogen-bond donors (Lipinski definition) is 1. The molecule has 126 valence electrons. The van der Waals surface area contributed by atoms with Gasteiger partial charge in [-0.3, -0.25) is 0 Å². The molecule has 0 spiro atoms. The molecule has 1 atom stereocenters. The number of alkyl halides is 1. The molecular formula is C18H30ClNO2. The van der Waals surface area contributed by atoms with Crippen molar-refractivity contribution in [3.05, 3.63) is 24.0 Å². The molecule has 0 fully saturated rings. The minimum atomic E-state index is -0.876. The Morgan fingerprint density at radius 3 is 2.41 bits per heavy atom. The number of nitrogens with zero attached hydrogens (tertiary/aromatic N) is 1. The van der Waals surface area contributed by atoms with Crippen LogP contribution in [0.15, 0.2) is 18.3 Å². The SMILES string of the molecule is CCCCCCCCCCC(Cl)CCn1cccc1C(=O)O. The van der Waals surface area contributed by atoms with E-state index >= 15 is 0 Å². The molecule has 0 radical (unpaired) electrons. The number of hydrogen-bond acceptors (Lipinski definition) is 1. The summed E-state index contributed by atoms with van der Waals surface area (Å²) < 4.78 is 1.77. The molecule has 0 saturated heterocycles. The third-order valence-corrected chi connectivity index (χ3v) is 4.54. The van der Waals surface area contributed by atoms with E-state index in [1.807, 2.05) is 6.20 Å². The van der Waals surface area contributed by atoms with E-state index < -0.39 is 5.97 Å². The first-order valence-electron chi connectivity index (χ1n) is 8.67. The van der Waals surface area contributed by atoms with Gasteiger partial charge in [0, 0.05) is 18.1 Å². The number of carbonyl (C=O) groups is 1. The Morgan fingerprint density at radius 2 is 1.77 bits per heavy atom. The largest absolute Gasteiger partial charge is 0.477 e. The van der Waals surface area contributed by atoms with Gasteiger partial charge in [-0.05, 0) is 25.0 Å². The van der Waals surface area contributed by atoms with Crippen molar-refractivity contribution in [2.75, 3.05) is 0 Å². The molecule has 1 aromatic heterocycles. The summed E-state index contributed by atoms with van der Waals surface area (Å²) in [4.78, 5) is 11.0. The van der Waals surface area contributed by atoms with E-state index in [2.05, 4.69) is 6.92 Å². The van der Waals surface area contributed by atoms with Crippen molar-refractivity contribution in [1.29, 1.82) is 0 Å². The van der Waals surface area contributed by atoms with E-state index in [0.29, 0.717) is 12.2 Å². The van der Waals surface area contributed by atoms with E-state index in [0.717, 1.165) is 12.8 Å². The second-order valence-corrected chi connectivity index (χ2v) is 6.66. The smallest absolute Gasteiger partial charge is 0.352 e. The first-order chi connectivity index (χ1) is 10.6. The molecule has 1 unspecified atom stereocenters. The normalized spacial score (nSPS) is 12.5. The second-order valence-electron chi connectivity index (χ2n) is 6.04. The van der Waals surface area contributed by atoms with E-state index in [-0.39, 0.29) is 5.38 Å². The van der Waals surface area contributed by atoms with Gasteiger partial charge in [-0.1, -0.05) is 58.3 Å². The minimum absolute atomic E-state index is 0.143. The maximum Gasteiger partial charge on any atom is 0.352 e. The Labute approximate surface area is 139 Å². The van der Waals surface area contributed by atoms with Crippen LogP contribution in [0.4, 0.5) is 0 Å². The van der Waals surface area contributed by atoms with Crippen LogP contribution in [0, 0.1) is 0 Å². The Kier molecular flexibility index (Phi) is 10.1. The lowest BCUT2D eigenvalue weighted by Crippen LogP contribution is -2.11. The summed E-state index contributed by atoms with van der Waals surface area (Å²) in [5.74, 6) is -0.876. The van der Waals surface area contributed by atoms with Gasteiger partial charge in [0.1, 0.15) is 5.69 Å². The Morgan fingerprint density at radius 1 is 1.14 bits per heavy atom. The van der Waals surface area contributed by atoms with Gasteiger partial charge in [0.25, 0.3) is 0 Å². The van der Waals surface area contributed by atoms with E-state index in [1.54, 1.807) is 16.7 Å². The third kappa shape index (κ3) is 7.88. The highest BCUT2D eigenvalue weighted by Crippen LogP contribution is 2.16. The van der Waals surface area contributed by atoms with Gasteiger partial charge in [0.2, 0.25) is 0 Å². The van der Waals surface area contributed by atoms with Crippen molar-refractivity contribution in [1.82, 2.24) is 4.57 Å². The van der Waals surface area contributed by atoms with Crippen LogP contribution in [0.1, 0.15) is 81.6 Å². The first-order valence-corrected chi connectivity index (χ1v) is 9.11. The monoisotopic (exact) mass is 327 g/mol. The van der Waals surface area contributed by atoms with Gasteiger partial charge in [0.05, 0.1) is 0 Å². The Bertz CT molecular complexity index is 417. The van der Waals surface area contributed by atoms with Gasteiger partial charge < -0.3 is 9.67 Å². The first kappa shape index (κ1) is 19.1. The summed E-state index contributed by atoms with van der Waals surface area (Å²) in [5.41, 5.74) is 0.343. The van der Waals surface area contributed by atoms with Gasteiger partial charge in [-0.2, -0.15) is 0 Å². The zero-order valence-electron chi connectivity index (χ0n) is 13.8. The van der Waals surface area contributed by atoms with Crippen LogP contribution in [0.5, 0.6) is 0 Å². The fourth-order valence-corrected chi connectivity index (χ4v) is 2.98. The number of aryl methyl sites for hydroxylation is 1. The van der Waals surface area contributed by atoms with Crippen molar-refractivity contribution in [3.8, 4) is 0 Å². The molecule has 1 aromatic rings. The van der Waals surface area contributed by atoms with Crippen molar-refractivity contribution in [3.63, 3.8) is 0 Å². The molecule has 0 bridgehead atoms. The van der Waals surface area contributed by atoms with Gasteiger partial charge in [0.15, 0.2) is 0 Å². The molecule has 0 aliphatic heterocycles. The molecule has 22 heavy (non-hydrogen) atoms. The van der Waals surface area contributed by atoms with Crippen LogP contribution >= 0.6 is 11.6 Å². The molecule has 0 saturated carbocycles. The lowest BCUT2D eigenvalue weighted by Gasteiger charge is -2.11. The Hall–Kier alpha value is -0.960. The molecule has 3 nitrogen and oxygen atoms in total. The van der Waals surface area contributed by atoms with Crippen LogP contribution < -0.4 is 0 Å². The fourth-order valence-electron chi connectivity index (χ4n) is 2.73. The van der Waals surface area contributed by atoms with Crippen molar-refractivity contribution in [2.45, 2.75) is 83.1 Å². The average Bonchev–Trinajstić information content (AvgIpc) is 2.96. The predicted molar refractivity (Wildman–Crippen MR) is 92.9 cm³/mol. The summed E-state index contributed by atoms with van der Waals surface area (Å²) in [6.45, 7) is 2.92. The number of carboxylic acid groups (broad SMARTS) is 1. The molecule has 4 heteroatoms. The topological polar surface area (TPSA) is 42.2 Å². The predicted octanol–water partition coefficient (Wildman–Crippen LogP) is 5.71. The zero-order valence-corrected chi connectivity index (χ0v) is 14.5. The molecule has 1 N–H and O–H groups in total. The van der Waals surface area contributed by atoms with Gasteiger partial charge in [-0.15, -0.1) is 11.6 Å². The molecule has 0 aliphatic carbocycles. The Balaban J connectivity index is 2.05. The van der Waals surface area contributed by atoms with Crippen LogP contribution in [0.25, 0.3) is 0 Å². The fraction of sp³-hybridized carbons (Fsp3) is 0.722. The highest BCUT2D eigenvalue weighted by atomic mass is 35.5. The number of halogens is 1. The molecule has 1 heterocycles. The van der Waals surface area contributed by atoms with E-state index in [4.69, 9.17) is 16.7 Å². The van der Waals surface area contributed by atoms with Crippen molar-refractivity contribution < 1.29 is 9.90 Å². The number of aromatic nitrogens is 1. The number of rotatable bonds is 13. The maximum absolute atomic E-state index is 11.0. The van der Waals surface area contributed by atoms with Crippen molar-refractivity contribution >= 4 is 17.6 Å². The van der Waals surface area contributed by atoms with Crippen LogP contribution in [0.2, 0.25) is 0 Å². The zero-order chi connectivity index (χ0) is 16.2. The minimum Gasteiger partial charge on any atom is -0.477 e. The lowest BCUT2D eigenvalue weighted by molar-refractivity contribution is 0.0685. The van der Waals surface area contributed by atoms with Crippen molar-refractivity contribution in [2.24, 2.45) is 0 Å². The summed E-state index contributed by atoms with van der Waals surface area (Å²) in [6.07, 6.45) is 14.2. The molecule has 1 rings (SSSR count). The summed E-state index contributed by atoms with van der Waals surface area (Å²) in [6, 6.07) is 3.40. The third-order valence-electron chi connectivity index (χ3n) is 4.10. The van der Waals surface area contributed by atoms with Gasteiger partial charge >= 0.3 is 5.97 Å². The molecule has 0 amide bonds. The second kappa shape index (κ2) is 11.6.